The summed E-state index contributed by atoms with van der Waals surface area (Å²) in [6, 6.07) is 14.3. The number of imide groups is 1. The Balaban J connectivity index is 0.00000441. The molecule has 2 fully saturated rings. The van der Waals surface area contributed by atoms with E-state index in [1.54, 1.807) is 0 Å². The van der Waals surface area contributed by atoms with E-state index in [0.29, 0.717) is 44.5 Å². The molecule has 0 unspecified atom stereocenters. The van der Waals surface area contributed by atoms with Crippen LogP contribution in [0.2, 0.25) is 0 Å². The Bertz CT molecular complexity index is 1170. The quantitative estimate of drug-likeness (QED) is 0.415. The molecule has 1 atom stereocenters. The Morgan fingerprint density at radius 2 is 1.68 bits per heavy atom. The van der Waals surface area contributed by atoms with Crippen LogP contribution < -0.4 is 15.4 Å². The Morgan fingerprint density at radius 3 is 2.25 bits per heavy atom. The van der Waals surface area contributed by atoms with Crippen LogP contribution in [0.15, 0.2) is 54.6 Å². The second-order valence-corrected chi connectivity index (χ2v) is 10.4. The lowest BCUT2D eigenvalue weighted by Crippen LogP contribution is -2.55. The highest BCUT2D eigenvalue weighted by molar-refractivity contribution is 6.07. The predicted molar refractivity (Wildman–Crippen MR) is 145 cm³/mol. The van der Waals surface area contributed by atoms with Gasteiger partial charge in [0.2, 0.25) is 5.91 Å². The zero-order valence-electron chi connectivity index (χ0n) is 22.4. The van der Waals surface area contributed by atoms with Crippen molar-refractivity contribution in [1.29, 1.82) is 0 Å². The minimum Gasteiger partial charge on any atom is -0.406 e. The third-order valence-electron chi connectivity index (χ3n) is 7.23. The largest absolute Gasteiger partial charge is 0.573 e. The molecule has 0 aliphatic carbocycles. The summed E-state index contributed by atoms with van der Waals surface area (Å²) in [7, 11) is 0. The molecule has 4 rings (SSSR count). The van der Waals surface area contributed by atoms with E-state index in [0.717, 1.165) is 22.6 Å². The lowest BCUT2D eigenvalue weighted by atomic mass is 9.87. The number of urea groups is 1. The summed E-state index contributed by atoms with van der Waals surface area (Å²) in [6.45, 7) is 5.58. The lowest BCUT2D eigenvalue weighted by Gasteiger charge is -2.37. The van der Waals surface area contributed by atoms with Gasteiger partial charge in [-0.2, -0.15) is 0 Å². The zero-order chi connectivity index (χ0) is 28.2. The number of ether oxygens (including phenoxy) is 1. The minimum atomic E-state index is -4.79. The van der Waals surface area contributed by atoms with Gasteiger partial charge in [0.05, 0.1) is 12.6 Å². The maximum Gasteiger partial charge on any atom is 0.573 e. The minimum absolute atomic E-state index is 0. The predicted octanol–water partition coefficient (Wildman–Crippen LogP) is 4.80. The molecule has 0 radical (unpaired) electrons. The fraction of sp³-hybridized carbons (Fsp3) is 0.464. The number of amides is 4. The van der Waals surface area contributed by atoms with Gasteiger partial charge >= 0.3 is 12.4 Å². The van der Waals surface area contributed by atoms with E-state index in [-0.39, 0.29) is 48.5 Å². The Kier molecular flexibility index (Phi) is 10.1. The molecule has 218 valence electrons. The van der Waals surface area contributed by atoms with Gasteiger partial charge in [0.1, 0.15) is 11.3 Å². The van der Waals surface area contributed by atoms with Gasteiger partial charge in [-0.1, -0.05) is 56.3 Å². The number of likely N-dealkylation sites (tertiary alicyclic amines) is 1. The molecule has 2 N–H and O–H groups in total. The molecule has 2 heterocycles. The molecule has 0 saturated carbocycles. The van der Waals surface area contributed by atoms with E-state index in [9.17, 15) is 27.6 Å². The number of benzene rings is 2. The summed E-state index contributed by atoms with van der Waals surface area (Å²) < 4.78 is 41.1. The van der Waals surface area contributed by atoms with Crippen LogP contribution in [-0.4, -0.2) is 59.2 Å². The number of alkyl halides is 3. The highest BCUT2D eigenvalue weighted by Crippen LogP contribution is 2.31. The first kappa shape index (κ1) is 31.2. The SMILES string of the molecule is CC(C)C(=O)N[C@@H](CCN1CCC2(CC1)NC(=O)N(Cc1ccc(OC(F)(F)F)cc1)C2=O)c1ccccc1.Cl. The van der Waals surface area contributed by atoms with Gasteiger partial charge in [0.25, 0.3) is 5.91 Å². The molecule has 0 bridgehead atoms. The number of hydrogen-bond acceptors (Lipinski definition) is 5. The van der Waals surface area contributed by atoms with E-state index in [4.69, 9.17) is 0 Å². The first-order valence-corrected chi connectivity index (χ1v) is 13.0. The summed E-state index contributed by atoms with van der Waals surface area (Å²) in [4.78, 5) is 41.7. The molecule has 8 nitrogen and oxygen atoms in total. The number of hydrogen-bond donors (Lipinski definition) is 2. The number of carbonyl (C=O) groups is 3. The summed E-state index contributed by atoms with van der Waals surface area (Å²) in [6.07, 6.45) is -3.20. The molecular weight excluding hydrogens is 549 g/mol. The molecule has 2 aromatic rings. The van der Waals surface area contributed by atoms with E-state index in [2.05, 4.69) is 20.3 Å². The highest BCUT2D eigenvalue weighted by Gasteiger charge is 2.52. The third-order valence-corrected chi connectivity index (χ3v) is 7.23. The van der Waals surface area contributed by atoms with Crippen LogP contribution in [0.25, 0.3) is 0 Å². The topological polar surface area (TPSA) is 91.0 Å². The molecule has 0 aromatic heterocycles. The number of halogens is 4. The van der Waals surface area contributed by atoms with E-state index in [1.165, 1.54) is 12.1 Å². The van der Waals surface area contributed by atoms with Crippen molar-refractivity contribution in [2.45, 2.75) is 57.6 Å². The first-order chi connectivity index (χ1) is 18.5. The first-order valence-electron chi connectivity index (χ1n) is 13.0. The van der Waals surface area contributed by atoms with Gasteiger partial charge in [-0.05, 0) is 42.5 Å². The fourth-order valence-electron chi connectivity index (χ4n) is 4.95. The molecule has 12 heteroatoms. The van der Waals surface area contributed by atoms with Crippen molar-refractivity contribution >= 4 is 30.3 Å². The molecule has 2 aliphatic heterocycles. The van der Waals surface area contributed by atoms with Crippen molar-refractivity contribution in [3.8, 4) is 5.75 Å². The van der Waals surface area contributed by atoms with Crippen LogP contribution in [0, 0.1) is 5.92 Å². The second-order valence-electron chi connectivity index (χ2n) is 10.4. The number of carbonyl (C=O) groups excluding carboxylic acids is 3. The van der Waals surface area contributed by atoms with Gasteiger partial charge in [-0.3, -0.25) is 14.5 Å². The van der Waals surface area contributed by atoms with Crippen LogP contribution in [-0.2, 0) is 16.1 Å². The lowest BCUT2D eigenvalue weighted by molar-refractivity contribution is -0.274. The Hall–Kier alpha value is -3.31. The average Bonchev–Trinajstić information content (AvgIpc) is 3.12. The van der Waals surface area contributed by atoms with Crippen LogP contribution in [0.4, 0.5) is 18.0 Å². The highest BCUT2D eigenvalue weighted by atomic mass is 35.5. The van der Waals surface area contributed by atoms with Crippen molar-refractivity contribution in [3.05, 3.63) is 65.7 Å². The van der Waals surface area contributed by atoms with Gasteiger partial charge in [0.15, 0.2) is 0 Å². The maximum absolute atomic E-state index is 13.3. The summed E-state index contributed by atoms with van der Waals surface area (Å²) >= 11 is 0. The summed E-state index contributed by atoms with van der Waals surface area (Å²) in [5, 5.41) is 5.99. The molecule has 1 spiro atoms. The molecule has 2 aliphatic rings. The molecule has 2 saturated heterocycles. The number of nitrogens with zero attached hydrogens (tertiary/aromatic N) is 2. The smallest absolute Gasteiger partial charge is 0.406 e. The van der Waals surface area contributed by atoms with Crippen molar-refractivity contribution in [1.82, 2.24) is 20.4 Å². The average molecular weight is 583 g/mol. The van der Waals surface area contributed by atoms with Crippen molar-refractivity contribution in [2.24, 2.45) is 5.92 Å². The molecule has 4 amide bonds. The number of piperidine rings is 1. The Morgan fingerprint density at radius 1 is 1.05 bits per heavy atom. The van der Waals surface area contributed by atoms with Crippen molar-refractivity contribution in [2.75, 3.05) is 19.6 Å². The summed E-state index contributed by atoms with van der Waals surface area (Å²) in [5.41, 5.74) is 0.558. The Labute approximate surface area is 237 Å². The van der Waals surface area contributed by atoms with Gasteiger partial charge in [-0.25, -0.2) is 4.79 Å². The molecule has 2 aromatic carbocycles. The van der Waals surface area contributed by atoms with Crippen LogP contribution >= 0.6 is 12.4 Å². The van der Waals surface area contributed by atoms with Gasteiger partial charge in [0, 0.05) is 25.6 Å². The third kappa shape index (κ3) is 7.66. The normalized spacial score (nSPS) is 17.9. The fourth-order valence-corrected chi connectivity index (χ4v) is 4.95. The second kappa shape index (κ2) is 12.9. The van der Waals surface area contributed by atoms with Crippen molar-refractivity contribution in [3.63, 3.8) is 0 Å². The van der Waals surface area contributed by atoms with Crippen LogP contribution in [0.3, 0.4) is 0 Å². The van der Waals surface area contributed by atoms with Crippen LogP contribution in [0.1, 0.15) is 50.3 Å². The van der Waals surface area contributed by atoms with Crippen molar-refractivity contribution < 1.29 is 32.3 Å². The van der Waals surface area contributed by atoms with Gasteiger partial charge < -0.3 is 20.3 Å². The number of rotatable bonds is 9. The molecule has 40 heavy (non-hydrogen) atoms. The van der Waals surface area contributed by atoms with E-state index < -0.39 is 17.9 Å². The maximum atomic E-state index is 13.3. The van der Waals surface area contributed by atoms with E-state index >= 15 is 0 Å². The van der Waals surface area contributed by atoms with E-state index in [1.807, 2.05) is 44.2 Å². The number of nitrogens with one attached hydrogen (secondary N) is 2. The van der Waals surface area contributed by atoms with Gasteiger partial charge in [-0.15, -0.1) is 25.6 Å². The monoisotopic (exact) mass is 582 g/mol. The van der Waals surface area contributed by atoms with Crippen LogP contribution in [0.5, 0.6) is 5.75 Å². The molecular formula is C28H34ClF3N4O4. The zero-order valence-corrected chi connectivity index (χ0v) is 23.2. The standard InChI is InChI=1S/C28H33F3N4O4.ClH/c1-19(2)24(36)32-23(21-6-4-3-5-7-21)12-15-34-16-13-27(14-17-34)25(37)35(26(38)33-27)18-20-8-10-22(11-9-20)39-28(29,30)31;/h3-11,19,23H,12-18H2,1-2H3,(H,32,36)(H,33,38);1H/t23-;/m0./s1. The summed E-state index contributed by atoms with van der Waals surface area (Å²) in [5.74, 6) is -0.833.